The van der Waals surface area contributed by atoms with E-state index in [0.717, 1.165) is 5.56 Å². The van der Waals surface area contributed by atoms with Crippen molar-refractivity contribution in [1.29, 1.82) is 0 Å². The Morgan fingerprint density at radius 3 is 2.79 bits per heavy atom. The number of aliphatic hydroxyl groups is 1. The number of hydrogen-bond acceptors (Lipinski definition) is 6. The highest BCUT2D eigenvalue weighted by atomic mass is 35.5. The Labute approximate surface area is 166 Å². The van der Waals surface area contributed by atoms with Gasteiger partial charge >= 0.3 is 5.97 Å². The summed E-state index contributed by atoms with van der Waals surface area (Å²) in [4.78, 5) is 28.5. The van der Waals surface area contributed by atoms with Crippen molar-refractivity contribution in [1.82, 2.24) is 14.8 Å². The number of nitrogens with one attached hydrogen (secondary N) is 1. The summed E-state index contributed by atoms with van der Waals surface area (Å²) in [7, 11) is 0. The summed E-state index contributed by atoms with van der Waals surface area (Å²) in [6.45, 7) is 3.46. The number of aryl methyl sites for hydroxylation is 2. The Balaban J connectivity index is 1.66. The van der Waals surface area contributed by atoms with Crippen molar-refractivity contribution in [3.63, 3.8) is 0 Å². The van der Waals surface area contributed by atoms with Gasteiger partial charge in [0.25, 0.3) is 5.91 Å². The summed E-state index contributed by atoms with van der Waals surface area (Å²) in [6, 6.07) is 6.83. The largest absolute Gasteiger partial charge is 0.452 e. The Morgan fingerprint density at radius 1 is 1.29 bits per heavy atom. The lowest BCUT2D eigenvalue weighted by atomic mass is 10.2. The van der Waals surface area contributed by atoms with Crippen molar-refractivity contribution in [2.24, 2.45) is 0 Å². The van der Waals surface area contributed by atoms with E-state index in [0.29, 0.717) is 34.0 Å². The van der Waals surface area contributed by atoms with Gasteiger partial charge < -0.3 is 15.2 Å². The highest BCUT2D eigenvalue weighted by Crippen LogP contribution is 2.22. The zero-order valence-electron chi connectivity index (χ0n) is 15.4. The Bertz CT molecular complexity index is 1050. The van der Waals surface area contributed by atoms with Gasteiger partial charge in [0, 0.05) is 11.6 Å². The number of carbonyl (C=O) groups is 2. The van der Waals surface area contributed by atoms with Crippen molar-refractivity contribution in [3.8, 4) is 0 Å². The number of fused-ring (bicyclic) bond motifs is 1. The lowest BCUT2D eigenvalue weighted by Crippen LogP contribution is -2.21. The highest BCUT2D eigenvalue weighted by Gasteiger charge is 2.15. The van der Waals surface area contributed by atoms with Crippen LogP contribution in [0.1, 0.15) is 21.6 Å². The lowest BCUT2D eigenvalue weighted by molar-refractivity contribution is -0.119. The molecule has 2 heterocycles. The van der Waals surface area contributed by atoms with Gasteiger partial charge in [-0.25, -0.2) is 14.5 Å². The predicted octanol–water partition coefficient (Wildman–Crippen LogP) is 2.49. The van der Waals surface area contributed by atoms with Crippen LogP contribution in [0.3, 0.4) is 0 Å². The molecular formula is C19H19ClN4O4. The minimum absolute atomic E-state index is 0.0677. The first-order valence-electron chi connectivity index (χ1n) is 8.56. The first-order valence-corrected chi connectivity index (χ1v) is 8.94. The number of benzene rings is 1. The van der Waals surface area contributed by atoms with Gasteiger partial charge in [0.1, 0.15) is 0 Å². The summed E-state index contributed by atoms with van der Waals surface area (Å²) in [5.74, 6) is -1.17. The van der Waals surface area contributed by atoms with Crippen LogP contribution in [0.4, 0.5) is 5.69 Å². The molecule has 0 atom stereocenters. The molecule has 1 aromatic carbocycles. The third-order valence-corrected chi connectivity index (χ3v) is 4.36. The molecule has 0 radical (unpaired) electrons. The fourth-order valence-electron chi connectivity index (χ4n) is 2.70. The van der Waals surface area contributed by atoms with E-state index in [9.17, 15) is 9.59 Å². The predicted molar refractivity (Wildman–Crippen MR) is 104 cm³/mol. The second kappa shape index (κ2) is 8.37. The van der Waals surface area contributed by atoms with Crippen LogP contribution >= 0.6 is 11.6 Å². The Hall–Kier alpha value is -2.97. The van der Waals surface area contributed by atoms with E-state index in [-0.39, 0.29) is 12.2 Å². The van der Waals surface area contributed by atoms with E-state index >= 15 is 0 Å². The van der Waals surface area contributed by atoms with Crippen LogP contribution < -0.4 is 5.32 Å². The van der Waals surface area contributed by atoms with Gasteiger partial charge in [-0.1, -0.05) is 17.7 Å². The topological polar surface area (TPSA) is 106 Å². The molecule has 0 spiro atoms. The quantitative estimate of drug-likeness (QED) is 0.613. The number of aromatic nitrogens is 3. The van der Waals surface area contributed by atoms with Crippen molar-refractivity contribution in [2.75, 3.05) is 18.5 Å². The van der Waals surface area contributed by atoms with Gasteiger partial charge in [-0.05, 0) is 37.6 Å². The smallest absolute Gasteiger partial charge is 0.340 e. The number of amides is 1. The molecule has 0 saturated carbocycles. The average Bonchev–Trinajstić information content (AvgIpc) is 2.97. The molecule has 2 aromatic heterocycles. The first kappa shape index (κ1) is 19.8. The number of aliphatic hydroxyl groups excluding tert-OH is 1. The summed E-state index contributed by atoms with van der Waals surface area (Å²) in [5, 5.41) is 17.0. The maximum absolute atomic E-state index is 12.3. The molecule has 1 amide bonds. The molecule has 3 rings (SSSR count). The standard InChI is InChI=1S/C19H19ClN4O4/c1-11-3-4-16(15(20)7-11)22-17(26)10-28-19(27)13-8-14-12(2)23-24(5-6-25)18(14)21-9-13/h3-4,7-9,25H,5-6,10H2,1-2H3,(H,22,26). The summed E-state index contributed by atoms with van der Waals surface area (Å²) >= 11 is 6.07. The number of nitrogens with zero attached hydrogens (tertiary/aromatic N) is 3. The number of pyridine rings is 1. The molecule has 0 aliphatic carbocycles. The first-order chi connectivity index (χ1) is 13.4. The molecule has 0 aliphatic heterocycles. The SMILES string of the molecule is Cc1ccc(NC(=O)COC(=O)c2cnc3c(c2)c(C)nn3CCO)c(Cl)c1. The summed E-state index contributed by atoms with van der Waals surface area (Å²) in [6.07, 6.45) is 1.36. The fraction of sp³-hybridized carbons (Fsp3) is 0.263. The number of hydrogen-bond donors (Lipinski definition) is 2. The van der Waals surface area contributed by atoms with Crippen molar-refractivity contribution >= 4 is 40.2 Å². The van der Waals surface area contributed by atoms with E-state index in [4.69, 9.17) is 21.4 Å². The van der Waals surface area contributed by atoms with E-state index in [2.05, 4.69) is 15.4 Å². The molecule has 3 aromatic rings. The molecule has 0 unspecified atom stereocenters. The minimum atomic E-state index is -0.672. The molecule has 28 heavy (non-hydrogen) atoms. The second-order valence-electron chi connectivity index (χ2n) is 6.23. The number of ether oxygens (including phenoxy) is 1. The molecule has 9 heteroatoms. The molecule has 0 bridgehead atoms. The highest BCUT2D eigenvalue weighted by molar-refractivity contribution is 6.33. The molecule has 0 fully saturated rings. The average molecular weight is 403 g/mol. The zero-order chi connectivity index (χ0) is 20.3. The Morgan fingerprint density at radius 2 is 2.07 bits per heavy atom. The van der Waals surface area contributed by atoms with Gasteiger partial charge in [-0.3, -0.25) is 4.79 Å². The van der Waals surface area contributed by atoms with Crippen LogP contribution in [-0.2, 0) is 16.1 Å². The second-order valence-corrected chi connectivity index (χ2v) is 6.64. The van der Waals surface area contributed by atoms with Gasteiger partial charge in [-0.2, -0.15) is 5.10 Å². The third-order valence-electron chi connectivity index (χ3n) is 4.05. The number of halogens is 1. The molecule has 8 nitrogen and oxygen atoms in total. The van der Waals surface area contributed by atoms with Crippen LogP contribution in [0.2, 0.25) is 5.02 Å². The minimum Gasteiger partial charge on any atom is -0.452 e. The van der Waals surface area contributed by atoms with Crippen LogP contribution in [0, 0.1) is 13.8 Å². The van der Waals surface area contributed by atoms with Gasteiger partial charge in [-0.15, -0.1) is 0 Å². The van der Waals surface area contributed by atoms with E-state index in [1.54, 1.807) is 29.8 Å². The molecule has 0 saturated heterocycles. The molecular weight excluding hydrogens is 384 g/mol. The monoisotopic (exact) mass is 402 g/mol. The van der Waals surface area contributed by atoms with E-state index in [1.165, 1.54) is 6.20 Å². The molecule has 0 aliphatic rings. The third kappa shape index (κ3) is 4.29. The fourth-order valence-corrected chi connectivity index (χ4v) is 2.98. The zero-order valence-corrected chi connectivity index (χ0v) is 16.2. The van der Waals surface area contributed by atoms with Gasteiger partial charge in [0.2, 0.25) is 0 Å². The molecule has 146 valence electrons. The lowest BCUT2D eigenvalue weighted by Gasteiger charge is -2.08. The normalized spacial score (nSPS) is 10.9. The van der Waals surface area contributed by atoms with Crippen molar-refractivity contribution < 1.29 is 19.4 Å². The Kier molecular flexibility index (Phi) is 5.91. The van der Waals surface area contributed by atoms with Crippen LogP contribution in [0.25, 0.3) is 11.0 Å². The van der Waals surface area contributed by atoms with Crippen LogP contribution in [0.5, 0.6) is 0 Å². The van der Waals surface area contributed by atoms with Crippen LogP contribution in [0.15, 0.2) is 30.5 Å². The maximum atomic E-state index is 12.3. The number of carbonyl (C=O) groups excluding carboxylic acids is 2. The number of anilines is 1. The van der Waals surface area contributed by atoms with Crippen LogP contribution in [-0.4, -0.2) is 45.0 Å². The number of rotatable bonds is 6. The van der Waals surface area contributed by atoms with Crippen molar-refractivity contribution in [3.05, 3.63) is 52.3 Å². The summed E-state index contributed by atoms with van der Waals surface area (Å²) in [5.41, 5.74) is 2.87. The summed E-state index contributed by atoms with van der Waals surface area (Å²) < 4.78 is 6.64. The van der Waals surface area contributed by atoms with Gasteiger partial charge in [0.15, 0.2) is 12.3 Å². The maximum Gasteiger partial charge on any atom is 0.340 e. The van der Waals surface area contributed by atoms with E-state index in [1.807, 2.05) is 13.0 Å². The van der Waals surface area contributed by atoms with Crippen molar-refractivity contribution in [2.45, 2.75) is 20.4 Å². The van der Waals surface area contributed by atoms with E-state index < -0.39 is 18.5 Å². The van der Waals surface area contributed by atoms with Gasteiger partial charge in [0.05, 0.1) is 35.1 Å². The molecule has 2 N–H and O–H groups in total. The number of esters is 1.